The number of benzene rings is 4. The summed E-state index contributed by atoms with van der Waals surface area (Å²) in [4.78, 5) is 11.4. The minimum absolute atomic E-state index is 0.253. The number of hydrogen-bond donors (Lipinski definition) is 2. The molecule has 2 N–H and O–H groups in total. The van der Waals surface area contributed by atoms with E-state index in [2.05, 4.69) is 6.07 Å². The number of carboxylic acid groups (broad SMARTS) is 1. The van der Waals surface area contributed by atoms with Crippen LogP contribution in [-0.4, -0.2) is 16.2 Å². The van der Waals surface area contributed by atoms with Crippen molar-refractivity contribution in [3.05, 3.63) is 96.1 Å². The lowest BCUT2D eigenvalue weighted by atomic mass is 9.95. The molecule has 0 aliphatic heterocycles. The maximum Gasteiger partial charge on any atom is 0.328 e. The number of phenols is 1. The van der Waals surface area contributed by atoms with Crippen LogP contribution in [-0.2, 0) is 11.2 Å². The van der Waals surface area contributed by atoms with E-state index >= 15 is 0 Å². The monoisotopic (exact) mass is 368 g/mol. The van der Waals surface area contributed by atoms with Crippen molar-refractivity contribution in [2.24, 2.45) is 0 Å². The molecular weight excluding hydrogens is 348 g/mol. The van der Waals surface area contributed by atoms with E-state index in [1.54, 1.807) is 12.1 Å². The largest absolute Gasteiger partial charge is 0.508 e. The van der Waals surface area contributed by atoms with Gasteiger partial charge in [0.1, 0.15) is 5.75 Å². The molecule has 3 nitrogen and oxygen atoms in total. The number of hydrogen-bond acceptors (Lipinski definition) is 2. The van der Waals surface area contributed by atoms with E-state index in [1.165, 1.54) is 6.08 Å². The number of carboxylic acids is 1. The molecule has 28 heavy (non-hydrogen) atoms. The third-order valence-electron chi connectivity index (χ3n) is 4.99. The first-order chi connectivity index (χ1) is 13.6. The van der Waals surface area contributed by atoms with Gasteiger partial charge in [-0.1, -0.05) is 60.7 Å². The van der Waals surface area contributed by atoms with Crippen molar-refractivity contribution in [3.63, 3.8) is 0 Å². The number of rotatable bonds is 5. The number of aliphatic carboxylic acids is 1. The predicted molar refractivity (Wildman–Crippen MR) is 113 cm³/mol. The summed E-state index contributed by atoms with van der Waals surface area (Å²) in [5.74, 6) is -0.680. The summed E-state index contributed by atoms with van der Waals surface area (Å²) in [5.41, 5.74) is 2.88. The maximum atomic E-state index is 11.4. The van der Waals surface area contributed by atoms with E-state index in [0.717, 1.165) is 44.7 Å². The second-order valence-corrected chi connectivity index (χ2v) is 6.94. The highest BCUT2D eigenvalue weighted by Crippen LogP contribution is 2.26. The van der Waals surface area contributed by atoms with Crippen LogP contribution in [0.1, 0.15) is 17.5 Å². The van der Waals surface area contributed by atoms with Crippen molar-refractivity contribution in [1.82, 2.24) is 0 Å². The Kier molecular flexibility index (Phi) is 4.81. The molecule has 4 aromatic rings. The number of fused-ring (bicyclic) bond motifs is 2. The second kappa shape index (κ2) is 7.57. The van der Waals surface area contributed by atoms with E-state index in [4.69, 9.17) is 0 Å². The zero-order valence-electron chi connectivity index (χ0n) is 15.3. The van der Waals surface area contributed by atoms with Crippen LogP contribution in [0, 0.1) is 0 Å². The van der Waals surface area contributed by atoms with Gasteiger partial charge in [0, 0.05) is 6.08 Å². The average Bonchev–Trinajstić information content (AvgIpc) is 2.70. The number of carbonyl (C=O) groups is 1. The molecule has 3 heteroatoms. The lowest BCUT2D eigenvalue weighted by Crippen LogP contribution is -1.96. The standard InChI is InChI=1S/C25H20O3/c26-24-12-11-20-13-17(5-7-22(20)15-24)6-8-23(16-25(27)28)21-10-9-18-3-1-2-4-19(18)14-21/h1-5,7,9-16,26H,6,8H2,(H,27,28)/b23-16+. The number of aromatic hydroxyl groups is 1. The molecule has 0 amide bonds. The lowest BCUT2D eigenvalue weighted by Gasteiger charge is -2.10. The molecule has 0 spiro atoms. The van der Waals surface area contributed by atoms with Crippen LogP contribution in [0.3, 0.4) is 0 Å². The summed E-state index contributed by atoms with van der Waals surface area (Å²) in [6.45, 7) is 0. The summed E-state index contributed by atoms with van der Waals surface area (Å²) < 4.78 is 0. The van der Waals surface area contributed by atoms with Gasteiger partial charge < -0.3 is 10.2 Å². The van der Waals surface area contributed by atoms with Crippen LogP contribution in [0.25, 0.3) is 27.1 Å². The fourth-order valence-corrected chi connectivity index (χ4v) is 3.56. The maximum absolute atomic E-state index is 11.4. The van der Waals surface area contributed by atoms with Crippen LogP contribution in [0.5, 0.6) is 5.75 Å². The summed E-state index contributed by atoms with van der Waals surface area (Å²) in [7, 11) is 0. The molecule has 0 aromatic heterocycles. The zero-order chi connectivity index (χ0) is 19.5. The molecule has 0 radical (unpaired) electrons. The normalized spacial score (nSPS) is 11.8. The number of phenolic OH excluding ortho intramolecular Hbond substituents is 1. The second-order valence-electron chi connectivity index (χ2n) is 6.94. The average molecular weight is 368 g/mol. The minimum Gasteiger partial charge on any atom is -0.508 e. The quantitative estimate of drug-likeness (QED) is 0.438. The third kappa shape index (κ3) is 3.89. The smallest absolute Gasteiger partial charge is 0.328 e. The Morgan fingerprint density at radius 1 is 0.786 bits per heavy atom. The van der Waals surface area contributed by atoms with E-state index in [1.807, 2.05) is 60.7 Å². The highest BCUT2D eigenvalue weighted by molar-refractivity contribution is 5.93. The predicted octanol–water partition coefficient (Wildman–Crippen LogP) is 5.80. The van der Waals surface area contributed by atoms with Gasteiger partial charge in [-0.2, -0.15) is 0 Å². The number of allylic oxidation sites excluding steroid dienone is 1. The first-order valence-electron chi connectivity index (χ1n) is 9.23. The highest BCUT2D eigenvalue weighted by atomic mass is 16.4. The van der Waals surface area contributed by atoms with Gasteiger partial charge in [-0.3, -0.25) is 0 Å². The Bertz CT molecular complexity index is 1200. The Morgan fingerprint density at radius 3 is 2.29 bits per heavy atom. The molecular formula is C25H20O3. The summed E-state index contributed by atoms with van der Waals surface area (Å²) in [6, 6.07) is 25.6. The molecule has 0 bridgehead atoms. The molecule has 0 saturated heterocycles. The Labute approximate surface area is 163 Å². The Balaban J connectivity index is 1.61. The van der Waals surface area contributed by atoms with Gasteiger partial charge in [0.05, 0.1) is 0 Å². The molecule has 0 aliphatic carbocycles. The summed E-state index contributed by atoms with van der Waals surface area (Å²) in [5, 5.41) is 23.2. The van der Waals surface area contributed by atoms with Crippen LogP contribution in [0.2, 0.25) is 0 Å². The summed E-state index contributed by atoms with van der Waals surface area (Å²) in [6.07, 6.45) is 2.68. The molecule has 0 aliphatic rings. The first kappa shape index (κ1) is 17.8. The lowest BCUT2D eigenvalue weighted by molar-refractivity contribution is -0.131. The third-order valence-corrected chi connectivity index (χ3v) is 4.99. The van der Waals surface area contributed by atoms with Gasteiger partial charge in [-0.15, -0.1) is 0 Å². The SMILES string of the molecule is O=C(O)/C=C(\CCc1ccc2cc(O)ccc2c1)c1ccc2ccccc2c1. The molecule has 0 saturated carbocycles. The fraction of sp³-hybridized carbons (Fsp3) is 0.0800. The Hall–Kier alpha value is -3.59. The van der Waals surface area contributed by atoms with Gasteiger partial charge >= 0.3 is 5.97 Å². The summed E-state index contributed by atoms with van der Waals surface area (Å²) >= 11 is 0. The van der Waals surface area contributed by atoms with Gasteiger partial charge in [-0.25, -0.2) is 4.79 Å². The van der Waals surface area contributed by atoms with Gasteiger partial charge in [0.15, 0.2) is 0 Å². The molecule has 4 rings (SSSR count). The highest BCUT2D eigenvalue weighted by Gasteiger charge is 2.07. The van der Waals surface area contributed by atoms with Crippen LogP contribution < -0.4 is 0 Å². The topological polar surface area (TPSA) is 57.5 Å². The van der Waals surface area contributed by atoms with Crippen molar-refractivity contribution < 1.29 is 15.0 Å². The molecule has 0 heterocycles. The van der Waals surface area contributed by atoms with Gasteiger partial charge in [0.25, 0.3) is 0 Å². The fourth-order valence-electron chi connectivity index (χ4n) is 3.56. The Morgan fingerprint density at radius 2 is 1.46 bits per heavy atom. The van der Waals surface area contributed by atoms with Gasteiger partial charge in [-0.05, 0) is 69.3 Å². The molecule has 138 valence electrons. The first-order valence-corrected chi connectivity index (χ1v) is 9.23. The van der Waals surface area contributed by atoms with E-state index in [9.17, 15) is 15.0 Å². The van der Waals surface area contributed by atoms with Crippen molar-refractivity contribution in [1.29, 1.82) is 0 Å². The van der Waals surface area contributed by atoms with E-state index in [0.29, 0.717) is 6.42 Å². The molecule has 0 unspecified atom stereocenters. The van der Waals surface area contributed by atoms with Crippen molar-refractivity contribution in [3.8, 4) is 5.75 Å². The molecule has 0 atom stereocenters. The van der Waals surface area contributed by atoms with Crippen LogP contribution >= 0.6 is 0 Å². The van der Waals surface area contributed by atoms with Gasteiger partial charge in [0.2, 0.25) is 0 Å². The van der Waals surface area contributed by atoms with E-state index < -0.39 is 5.97 Å². The molecule has 0 fully saturated rings. The van der Waals surface area contributed by atoms with Crippen LogP contribution in [0.4, 0.5) is 0 Å². The van der Waals surface area contributed by atoms with Crippen molar-refractivity contribution in [2.75, 3.05) is 0 Å². The van der Waals surface area contributed by atoms with Crippen molar-refractivity contribution >= 4 is 33.1 Å². The minimum atomic E-state index is -0.933. The molecule has 4 aromatic carbocycles. The zero-order valence-corrected chi connectivity index (χ0v) is 15.3. The van der Waals surface area contributed by atoms with E-state index in [-0.39, 0.29) is 5.75 Å². The van der Waals surface area contributed by atoms with Crippen LogP contribution in [0.15, 0.2) is 84.9 Å². The van der Waals surface area contributed by atoms with Crippen molar-refractivity contribution in [2.45, 2.75) is 12.8 Å². The number of aryl methyl sites for hydroxylation is 1.